The van der Waals surface area contributed by atoms with Crippen molar-refractivity contribution >= 4 is 41.5 Å². The number of carbonyl (C=O) groups excluding carboxylic acids is 1. The molecule has 0 unspecified atom stereocenters. The van der Waals surface area contributed by atoms with Crippen molar-refractivity contribution in [2.45, 2.75) is 38.2 Å². The smallest absolute Gasteiger partial charge is 0.410 e. The molecule has 0 radical (unpaired) electrons. The number of nitrogens with one attached hydrogen (secondary N) is 1. The van der Waals surface area contributed by atoms with Crippen LogP contribution in [0.3, 0.4) is 0 Å². The lowest BCUT2D eigenvalue weighted by molar-refractivity contribution is 0.0240. The Bertz CT molecular complexity index is 920. The van der Waals surface area contributed by atoms with Crippen molar-refractivity contribution < 1.29 is 9.53 Å². The van der Waals surface area contributed by atoms with Gasteiger partial charge in [0.15, 0.2) is 0 Å². The third-order valence-electron chi connectivity index (χ3n) is 4.70. The standard InChI is InChI=1S/C23H29ClN4O2S/c1-17-5-8-20(9-6-17)31-26-25-16-18-15-19(24)7-10-21(18)27-11-13-28(14-12-27)22(29)30-23(2,3)4/h5-10,15-16,26H,11-14H2,1-4H3/b25-16+. The van der Waals surface area contributed by atoms with Crippen LogP contribution in [0.4, 0.5) is 10.5 Å². The lowest BCUT2D eigenvalue weighted by Gasteiger charge is -2.37. The van der Waals surface area contributed by atoms with Crippen molar-refractivity contribution in [2.24, 2.45) is 5.10 Å². The van der Waals surface area contributed by atoms with Crippen LogP contribution in [0, 0.1) is 6.92 Å². The van der Waals surface area contributed by atoms with Crippen molar-refractivity contribution in [1.29, 1.82) is 0 Å². The van der Waals surface area contributed by atoms with E-state index in [2.05, 4.69) is 46.0 Å². The van der Waals surface area contributed by atoms with Crippen molar-refractivity contribution in [3.05, 3.63) is 58.6 Å². The van der Waals surface area contributed by atoms with E-state index in [0.29, 0.717) is 31.2 Å². The number of aryl methyl sites for hydroxylation is 1. The molecule has 31 heavy (non-hydrogen) atoms. The predicted molar refractivity (Wildman–Crippen MR) is 129 cm³/mol. The first-order chi connectivity index (χ1) is 14.7. The van der Waals surface area contributed by atoms with Crippen molar-refractivity contribution in [2.75, 3.05) is 31.1 Å². The van der Waals surface area contributed by atoms with E-state index >= 15 is 0 Å². The van der Waals surface area contributed by atoms with E-state index in [9.17, 15) is 4.79 Å². The highest BCUT2D eigenvalue weighted by Crippen LogP contribution is 2.25. The Morgan fingerprint density at radius 1 is 1.13 bits per heavy atom. The fourth-order valence-electron chi connectivity index (χ4n) is 3.15. The molecule has 1 aliphatic heterocycles. The maximum Gasteiger partial charge on any atom is 0.410 e. The first kappa shape index (κ1) is 23.3. The van der Waals surface area contributed by atoms with E-state index in [-0.39, 0.29) is 6.09 Å². The highest BCUT2D eigenvalue weighted by atomic mass is 35.5. The van der Waals surface area contributed by atoms with Gasteiger partial charge in [-0.2, -0.15) is 5.10 Å². The minimum atomic E-state index is -0.488. The summed E-state index contributed by atoms with van der Waals surface area (Å²) in [5.41, 5.74) is 2.70. The number of ether oxygens (including phenoxy) is 1. The topological polar surface area (TPSA) is 57.2 Å². The quantitative estimate of drug-likeness (QED) is 0.371. The van der Waals surface area contributed by atoms with Gasteiger partial charge in [0.1, 0.15) is 5.60 Å². The predicted octanol–water partition coefficient (Wildman–Crippen LogP) is 5.34. The van der Waals surface area contributed by atoms with Gasteiger partial charge in [0.05, 0.1) is 6.21 Å². The minimum absolute atomic E-state index is 0.262. The molecule has 1 saturated heterocycles. The van der Waals surface area contributed by atoms with Gasteiger partial charge < -0.3 is 14.5 Å². The summed E-state index contributed by atoms with van der Waals surface area (Å²) in [6, 6.07) is 14.0. The number of nitrogens with zero attached hydrogens (tertiary/aromatic N) is 3. The van der Waals surface area contributed by atoms with Gasteiger partial charge in [-0.3, -0.25) is 0 Å². The molecule has 6 nitrogen and oxygen atoms in total. The van der Waals surface area contributed by atoms with Crippen LogP contribution in [0.5, 0.6) is 0 Å². The van der Waals surface area contributed by atoms with Crippen LogP contribution in [-0.4, -0.2) is 49.0 Å². The third-order valence-corrected chi connectivity index (χ3v) is 5.64. The lowest BCUT2D eigenvalue weighted by Crippen LogP contribution is -2.50. The summed E-state index contributed by atoms with van der Waals surface area (Å²) in [6.07, 6.45) is 1.52. The molecular formula is C23H29ClN4O2S. The molecule has 166 valence electrons. The summed E-state index contributed by atoms with van der Waals surface area (Å²) in [5, 5.41) is 5.01. The molecule has 0 saturated carbocycles. The van der Waals surface area contributed by atoms with Gasteiger partial charge in [-0.25, -0.2) is 9.63 Å². The van der Waals surface area contributed by atoms with Gasteiger partial charge in [-0.15, -0.1) is 0 Å². The Labute approximate surface area is 193 Å². The summed E-state index contributed by atoms with van der Waals surface area (Å²) in [6.45, 7) is 10.3. The number of benzene rings is 2. The summed E-state index contributed by atoms with van der Waals surface area (Å²) in [4.78, 5) is 20.4. The summed E-state index contributed by atoms with van der Waals surface area (Å²) in [5.74, 6) is 0. The molecule has 2 aromatic rings. The number of anilines is 1. The Kier molecular flexibility index (Phi) is 7.73. The van der Waals surface area contributed by atoms with Gasteiger partial charge in [-0.05, 0) is 58.0 Å². The van der Waals surface area contributed by atoms with Crippen LogP contribution >= 0.6 is 23.5 Å². The molecule has 0 atom stereocenters. The largest absolute Gasteiger partial charge is 0.444 e. The zero-order valence-corrected chi connectivity index (χ0v) is 20.0. The maximum absolute atomic E-state index is 12.3. The lowest BCUT2D eigenvalue weighted by atomic mass is 10.1. The van der Waals surface area contributed by atoms with Crippen molar-refractivity contribution in [1.82, 2.24) is 9.73 Å². The van der Waals surface area contributed by atoms with Crippen LogP contribution < -0.4 is 9.73 Å². The first-order valence-corrected chi connectivity index (χ1v) is 11.4. The van der Waals surface area contributed by atoms with Gasteiger partial charge in [-0.1, -0.05) is 29.3 Å². The Hall–Kier alpha value is -2.38. The molecule has 1 heterocycles. The average molecular weight is 461 g/mol. The zero-order chi connectivity index (χ0) is 22.4. The second-order valence-corrected chi connectivity index (χ2v) is 9.72. The monoisotopic (exact) mass is 460 g/mol. The fraction of sp³-hybridized carbons (Fsp3) is 0.391. The molecular weight excluding hydrogens is 432 g/mol. The molecule has 1 fully saturated rings. The van der Waals surface area contributed by atoms with Crippen molar-refractivity contribution in [3.8, 4) is 0 Å². The molecule has 2 aromatic carbocycles. The number of hydrogen-bond acceptors (Lipinski definition) is 6. The highest BCUT2D eigenvalue weighted by molar-refractivity contribution is 7.97. The number of hydrogen-bond donors (Lipinski definition) is 1. The van der Waals surface area contributed by atoms with E-state index in [1.807, 2.05) is 39.0 Å². The Morgan fingerprint density at radius 2 is 1.81 bits per heavy atom. The molecule has 1 aliphatic rings. The van der Waals surface area contributed by atoms with Gasteiger partial charge in [0.25, 0.3) is 0 Å². The number of piperazine rings is 1. The van der Waals surface area contributed by atoms with Gasteiger partial charge in [0, 0.05) is 59.3 Å². The number of amides is 1. The third kappa shape index (κ3) is 7.08. The summed E-state index contributed by atoms with van der Waals surface area (Å²) >= 11 is 7.68. The zero-order valence-electron chi connectivity index (χ0n) is 18.4. The Balaban J connectivity index is 1.61. The van der Waals surface area contributed by atoms with Crippen LogP contribution in [-0.2, 0) is 4.74 Å². The normalized spacial score (nSPS) is 14.7. The minimum Gasteiger partial charge on any atom is -0.444 e. The fourth-order valence-corrected chi connectivity index (χ4v) is 3.82. The average Bonchev–Trinajstić information content (AvgIpc) is 2.71. The van der Waals surface area contributed by atoms with E-state index in [0.717, 1.165) is 16.1 Å². The van der Waals surface area contributed by atoms with Gasteiger partial charge in [0.2, 0.25) is 0 Å². The van der Waals surface area contributed by atoms with E-state index in [1.54, 1.807) is 11.1 Å². The van der Waals surface area contributed by atoms with Crippen LogP contribution in [0.1, 0.15) is 31.9 Å². The van der Waals surface area contributed by atoms with Crippen LogP contribution in [0.15, 0.2) is 52.5 Å². The van der Waals surface area contributed by atoms with Crippen LogP contribution in [0.2, 0.25) is 5.02 Å². The Morgan fingerprint density at radius 3 is 2.45 bits per heavy atom. The van der Waals surface area contributed by atoms with E-state index in [1.165, 1.54) is 17.5 Å². The number of halogens is 1. The second-order valence-electron chi connectivity index (χ2n) is 8.42. The second kappa shape index (κ2) is 10.3. The van der Waals surface area contributed by atoms with Crippen molar-refractivity contribution in [3.63, 3.8) is 0 Å². The maximum atomic E-state index is 12.3. The SMILES string of the molecule is Cc1ccc(SN/N=C/c2cc(Cl)ccc2N2CCN(C(=O)OC(C)(C)C)CC2)cc1. The number of hydrazone groups is 1. The summed E-state index contributed by atoms with van der Waals surface area (Å²) < 4.78 is 5.49. The first-order valence-electron chi connectivity index (χ1n) is 10.3. The molecule has 3 rings (SSSR count). The molecule has 0 spiro atoms. The van der Waals surface area contributed by atoms with E-state index in [4.69, 9.17) is 16.3 Å². The molecule has 1 N–H and O–H groups in total. The molecule has 8 heteroatoms. The van der Waals surface area contributed by atoms with Crippen LogP contribution in [0.25, 0.3) is 0 Å². The summed E-state index contributed by atoms with van der Waals surface area (Å²) in [7, 11) is 0. The molecule has 0 aromatic heterocycles. The molecule has 0 aliphatic carbocycles. The number of carbonyl (C=O) groups is 1. The highest BCUT2D eigenvalue weighted by Gasteiger charge is 2.26. The van der Waals surface area contributed by atoms with Gasteiger partial charge >= 0.3 is 6.09 Å². The van der Waals surface area contributed by atoms with E-state index < -0.39 is 5.60 Å². The molecule has 1 amide bonds. The molecule has 0 bridgehead atoms. The number of rotatable bonds is 5.